The van der Waals surface area contributed by atoms with Crippen LogP contribution in [0.15, 0.2) is 34.7 Å². The van der Waals surface area contributed by atoms with Crippen molar-refractivity contribution < 1.29 is 153 Å². The Morgan fingerprint density at radius 1 is 0.623 bits per heavy atom. The Hall–Kier alpha value is -8.37. The molecule has 7 heterocycles. The number of hydrogen-bond acceptors (Lipinski definition) is 31. The number of hydrogen-bond donors (Lipinski definition) is 16. The Labute approximate surface area is 422 Å². The van der Waals surface area contributed by atoms with Gasteiger partial charge < -0.3 is 129 Å². The summed E-state index contributed by atoms with van der Waals surface area (Å²) in [6, 6.07) is 2.61. The quantitative estimate of drug-likeness (QED) is 0.0366. The van der Waals surface area contributed by atoms with Crippen LogP contribution in [-0.4, -0.2) is 197 Å². The molecular formula is C46H36O31. The number of aliphatic hydroxyl groups is 7. The van der Waals surface area contributed by atoms with Crippen LogP contribution in [0.5, 0.6) is 57.5 Å². The Morgan fingerprint density at radius 2 is 1.18 bits per heavy atom. The van der Waals surface area contributed by atoms with Gasteiger partial charge in [0.15, 0.2) is 69.4 Å². The van der Waals surface area contributed by atoms with Crippen molar-refractivity contribution >= 4 is 51.8 Å². The van der Waals surface area contributed by atoms with Gasteiger partial charge in [-0.05, 0) is 30.3 Å². The second-order valence-electron chi connectivity index (χ2n) is 19.2. The zero-order valence-corrected chi connectivity index (χ0v) is 38.0. The number of esters is 5. The second kappa shape index (κ2) is 15.6. The van der Waals surface area contributed by atoms with Crippen LogP contribution in [-0.2, 0) is 42.7 Å². The molecule has 77 heavy (non-hydrogen) atoms. The normalized spacial score (nSPS) is 33.4. The predicted octanol–water partition coefficient (Wildman–Crippen LogP) is -2.87. The number of phenolic OH excluding ortho intramolecular Hbond substituents is 9. The summed E-state index contributed by atoms with van der Waals surface area (Å²) < 4.78 is 57.3. The van der Waals surface area contributed by atoms with Crippen molar-refractivity contribution in [2.45, 2.75) is 84.5 Å². The number of aromatic hydroxyl groups is 9. The standard InChI is InChI=1S/C46H36O31/c47-13-1-9(2-14(48)23(13)53)35(57)76-39-32-31-27(19(70-39)7-68-36(58)10-3-15(49)24(54)28-20(10)21-11(37(59)72-31)4-16(50)25(55)29(21)71-28)74-41(61)42-8-43(62)34(18(52)6-69-43)75-40(42)44(63,64)46(66,67)45(65)33(42)22-12(38(60)73-32)5-17(51)26(56)30(22)77-45/h1-5,18-19,27,31-34,39-40,47-56,62-67H,6-8H2/t18-,19-,27-,31+,32-,33-,34+,39+,40+,42-,43+,45-/m1/s1. The van der Waals surface area contributed by atoms with Crippen molar-refractivity contribution in [3.05, 3.63) is 58.1 Å². The van der Waals surface area contributed by atoms with Gasteiger partial charge in [0.2, 0.25) is 29.6 Å². The summed E-state index contributed by atoms with van der Waals surface area (Å²) in [6.45, 7) is -2.19. The van der Waals surface area contributed by atoms with Crippen LogP contribution >= 0.6 is 0 Å². The van der Waals surface area contributed by atoms with Crippen LogP contribution in [0.3, 0.4) is 0 Å². The van der Waals surface area contributed by atoms with E-state index in [1.54, 1.807) is 0 Å². The summed E-state index contributed by atoms with van der Waals surface area (Å²) in [4.78, 5) is 74.4. The fourth-order valence-electron chi connectivity index (χ4n) is 11.4. The Kier molecular flexibility index (Phi) is 10.0. The van der Waals surface area contributed by atoms with Gasteiger partial charge in [-0.15, -0.1) is 0 Å². The zero-order chi connectivity index (χ0) is 55.3. The van der Waals surface area contributed by atoms with E-state index in [1.807, 2.05) is 0 Å². The van der Waals surface area contributed by atoms with Gasteiger partial charge in [0.25, 0.3) is 17.4 Å². The smallest absolute Gasteiger partial charge is 0.340 e. The molecule has 12 atom stereocenters. The monoisotopic (exact) mass is 1080 g/mol. The molecule has 3 saturated heterocycles. The number of benzene rings is 4. The van der Waals surface area contributed by atoms with Gasteiger partial charge in [-0.3, -0.25) is 4.79 Å². The fourth-order valence-corrected chi connectivity index (χ4v) is 11.4. The van der Waals surface area contributed by atoms with E-state index in [2.05, 4.69) is 0 Å². The van der Waals surface area contributed by atoms with Crippen molar-refractivity contribution in [2.75, 3.05) is 13.2 Å². The highest BCUT2D eigenvalue weighted by molar-refractivity contribution is 6.23. The maximum Gasteiger partial charge on any atom is 0.340 e. The molecular weight excluding hydrogens is 1050 g/mol. The van der Waals surface area contributed by atoms with E-state index in [-0.39, 0.29) is 0 Å². The van der Waals surface area contributed by atoms with Gasteiger partial charge in [-0.25, -0.2) is 19.2 Å². The molecule has 406 valence electrons. The molecule has 1 saturated carbocycles. The summed E-state index contributed by atoms with van der Waals surface area (Å²) in [6.07, 6.45) is -21.5. The number of carbonyl (C=O) groups excluding carboxylic acids is 5. The van der Waals surface area contributed by atoms with Gasteiger partial charge >= 0.3 is 29.8 Å². The second-order valence-corrected chi connectivity index (χ2v) is 19.2. The van der Waals surface area contributed by atoms with E-state index in [4.69, 9.17) is 47.0 Å². The van der Waals surface area contributed by atoms with Gasteiger partial charge in [-0.1, -0.05) is 0 Å². The van der Waals surface area contributed by atoms with Crippen LogP contribution < -0.4 is 4.74 Å². The topological polar surface area (TPSA) is 505 Å². The summed E-state index contributed by atoms with van der Waals surface area (Å²) in [5.74, 6) is -40.1. The summed E-state index contributed by atoms with van der Waals surface area (Å²) in [5, 5.41) is 178. The number of ether oxygens (including phenoxy) is 9. The van der Waals surface area contributed by atoms with Crippen molar-refractivity contribution in [3.8, 4) is 57.5 Å². The van der Waals surface area contributed by atoms with Crippen LogP contribution in [0, 0.1) is 5.41 Å². The summed E-state index contributed by atoms with van der Waals surface area (Å²) in [7, 11) is 0. The Morgan fingerprint density at radius 3 is 1.82 bits per heavy atom. The molecule has 12 rings (SSSR count). The van der Waals surface area contributed by atoms with Crippen molar-refractivity contribution in [3.63, 3.8) is 0 Å². The van der Waals surface area contributed by atoms with Crippen LogP contribution in [0.2, 0.25) is 0 Å². The van der Waals surface area contributed by atoms with Crippen molar-refractivity contribution in [1.29, 1.82) is 0 Å². The predicted molar refractivity (Wildman–Crippen MR) is 230 cm³/mol. The lowest BCUT2D eigenvalue weighted by Crippen LogP contribution is -2.86. The van der Waals surface area contributed by atoms with E-state index in [0.717, 1.165) is 0 Å². The number of carbonyl (C=O) groups is 5. The van der Waals surface area contributed by atoms with E-state index < -0.39 is 240 Å². The van der Waals surface area contributed by atoms with Gasteiger partial charge in [-0.2, -0.15) is 0 Å². The number of phenols is 9. The molecule has 1 aromatic heterocycles. The third-order valence-corrected chi connectivity index (χ3v) is 14.9. The molecule has 16 N–H and O–H groups in total. The molecule has 0 radical (unpaired) electrons. The van der Waals surface area contributed by atoms with Gasteiger partial charge in [0.05, 0.1) is 34.8 Å². The molecule has 0 unspecified atom stereocenters. The average molecular weight is 1080 g/mol. The molecule has 4 aromatic carbocycles. The molecule has 4 fully saturated rings. The number of cyclic esters (lactones) is 1. The summed E-state index contributed by atoms with van der Waals surface area (Å²) >= 11 is 0. The molecule has 31 heteroatoms. The molecule has 7 aliphatic rings. The first-order valence-electron chi connectivity index (χ1n) is 22.4. The SMILES string of the molecule is O=C(O[C@@H]1O[C@@H]2COC(=O)c3cc(O)c(O)c4oc5c(O)c(O)cc(c5c34)C(=O)O[C@@H]3[C@H]1OC(=O)c1cc(O)c(O)c4c1[C@@H]1[C@@]5(C[C@]6(O)OC[C@@H](O)[C@@H]6O[C@@H]5C(O)(O)C(O)(O)[C@]1(O)O4)C(=O)O[C@@H]32)c1cc(O)c(O)c(O)c1. The van der Waals surface area contributed by atoms with E-state index in [9.17, 15) is 91.3 Å². The first-order chi connectivity index (χ1) is 36.1. The van der Waals surface area contributed by atoms with E-state index in [1.165, 1.54) is 0 Å². The highest BCUT2D eigenvalue weighted by Crippen LogP contribution is 2.71. The van der Waals surface area contributed by atoms with Crippen LogP contribution in [0.25, 0.3) is 21.9 Å². The molecule has 6 aliphatic heterocycles. The molecule has 1 spiro atoms. The average Bonchev–Trinajstić information content (AvgIpc) is 4.05. The van der Waals surface area contributed by atoms with E-state index in [0.29, 0.717) is 30.3 Å². The molecule has 5 aromatic rings. The highest BCUT2D eigenvalue weighted by atomic mass is 16.8. The Balaban J connectivity index is 1.12. The van der Waals surface area contributed by atoms with Crippen LogP contribution in [0.4, 0.5) is 0 Å². The van der Waals surface area contributed by atoms with Gasteiger partial charge in [0.1, 0.15) is 36.4 Å². The lowest BCUT2D eigenvalue weighted by Gasteiger charge is -2.63. The summed E-state index contributed by atoms with van der Waals surface area (Å²) in [5.41, 5.74) is -9.98. The van der Waals surface area contributed by atoms with Crippen molar-refractivity contribution in [1.82, 2.24) is 0 Å². The Bertz CT molecular complexity index is 3500. The third kappa shape index (κ3) is 6.27. The number of rotatable bonds is 2. The fraction of sp³-hybridized carbons (Fsp3) is 0.370. The maximum absolute atomic E-state index is 15.9. The minimum Gasteiger partial charge on any atom is -0.504 e. The molecule has 31 nitrogen and oxygen atoms in total. The molecule has 0 amide bonds. The lowest BCUT2D eigenvalue weighted by molar-refractivity contribution is -0.508. The first kappa shape index (κ1) is 49.5. The zero-order valence-electron chi connectivity index (χ0n) is 38.0. The minimum atomic E-state index is -4.60. The number of furan rings is 1. The van der Waals surface area contributed by atoms with Gasteiger partial charge in [0, 0.05) is 22.8 Å². The number of aliphatic hydroxyl groups excluding tert-OH is 1. The third-order valence-electron chi connectivity index (χ3n) is 14.9. The van der Waals surface area contributed by atoms with E-state index >= 15 is 14.4 Å². The maximum atomic E-state index is 15.9. The first-order valence-corrected chi connectivity index (χ1v) is 22.4. The highest BCUT2D eigenvalue weighted by Gasteiger charge is 2.88. The molecule has 1 aliphatic carbocycles. The van der Waals surface area contributed by atoms with Crippen molar-refractivity contribution in [2.24, 2.45) is 5.41 Å². The molecule has 4 bridgehead atoms. The van der Waals surface area contributed by atoms with Crippen LogP contribution in [0.1, 0.15) is 59.3 Å². The lowest BCUT2D eigenvalue weighted by atomic mass is 9.52. The minimum absolute atomic E-state index is 0.370. The largest absolute Gasteiger partial charge is 0.504 e. The number of fused-ring (bicyclic) bond motifs is 1.